The van der Waals surface area contributed by atoms with Crippen LogP contribution in [-0.2, 0) is 28.4 Å². The van der Waals surface area contributed by atoms with E-state index in [4.69, 9.17) is 28.4 Å². The molecule has 3 spiro atoms. The molecule has 3 saturated heterocycles. The number of rotatable bonds is 2. The molecular weight excluding hydrogens is 396 g/mol. The maximum atomic E-state index is 6.87. The molecule has 31 heavy (non-hydrogen) atoms. The molecule has 3 saturated carbocycles. The highest BCUT2D eigenvalue weighted by Crippen LogP contribution is 2.51. The van der Waals surface area contributed by atoms with Crippen molar-refractivity contribution in [3.05, 3.63) is 0 Å². The molecule has 0 amide bonds. The maximum Gasteiger partial charge on any atom is 0.173 e. The molecule has 3 aliphatic heterocycles. The van der Waals surface area contributed by atoms with Crippen LogP contribution in [0.2, 0.25) is 0 Å². The third kappa shape index (κ3) is 4.00. The lowest BCUT2D eigenvalue weighted by atomic mass is 9.78. The number of hydrogen-bond acceptors (Lipinski definition) is 6. The summed E-state index contributed by atoms with van der Waals surface area (Å²) in [4.78, 5) is 0. The molecule has 176 valence electrons. The van der Waals surface area contributed by atoms with Gasteiger partial charge < -0.3 is 28.4 Å². The van der Waals surface area contributed by atoms with Gasteiger partial charge in [0.15, 0.2) is 17.4 Å². The average molecular weight is 437 g/mol. The first-order valence-corrected chi connectivity index (χ1v) is 13.1. The molecule has 6 heteroatoms. The zero-order valence-corrected chi connectivity index (χ0v) is 19.0. The normalized spacial score (nSPS) is 44.9. The summed E-state index contributed by atoms with van der Waals surface area (Å²) in [6, 6.07) is 0. The molecule has 0 N–H and O–H groups in total. The third-order valence-electron chi connectivity index (χ3n) is 8.91. The van der Waals surface area contributed by atoms with E-state index in [0.717, 1.165) is 90.6 Å². The Morgan fingerprint density at radius 1 is 0.548 bits per heavy atom. The Morgan fingerprint density at radius 3 is 2.16 bits per heavy atom. The van der Waals surface area contributed by atoms with E-state index in [1.165, 1.54) is 25.7 Å². The van der Waals surface area contributed by atoms with Crippen molar-refractivity contribution >= 4 is 0 Å². The molecule has 0 radical (unpaired) electrons. The van der Waals surface area contributed by atoms with E-state index in [1.54, 1.807) is 0 Å². The molecule has 6 aliphatic rings. The first-order chi connectivity index (χ1) is 15.2. The van der Waals surface area contributed by atoms with E-state index in [0.29, 0.717) is 11.8 Å². The van der Waals surface area contributed by atoms with Crippen molar-refractivity contribution in [1.29, 1.82) is 0 Å². The summed E-state index contributed by atoms with van der Waals surface area (Å²) in [6.45, 7) is 3.13. The summed E-state index contributed by atoms with van der Waals surface area (Å²) in [5.74, 6) is -0.393. The van der Waals surface area contributed by atoms with Crippen molar-refractivity contribution in [3.63, 3.8) is 0 Å². The van der Waals surface area contributed by atoms with Crippen LogP contribution in [0.1, 0.15) is 89.9 Å². The van der Waals surface area contributed by atoms with Crippen LogP contribution in [0, 0.1) is 11.8 Å². The molecule has 3 heterocycles. The minimum Gasteiger partial charge on any atom is -0.350 e. The summed E-state index contributed by atoms with van der Waals surface area (Å²) in [5, 5.41) is 0. The van der Waals surface area contributed by atoms with E-state index in [1.807, 2.05) is 0 Å². The molecule has 5 unspecified atom stereocenters. The van der Waals surface area contributed by atoms with E-state index in [9.17, 15) is 0 Å². The average Bonchev–Trinajstić information content (AvgIpc) is 3.49. The number of hydrogen-bond donors (Lipinski definition) is 0. The van der Waals surface area contributed by atoms with Gasteiger partial charge in [-0.25, -0.2) is 0 Å². The van der Waals surface area contributed by atoms with E-state index in [2.05, 4.69) is 0 Å². The number of ether oxygens (including phenoxy) is 6. The molecular formula is C25H40O6. The Hall–Kier alpha value is -0.240. The van der Waals surface area contributed by atoms with Gasteiger partial charge in [0.25, 0.3) is 0 Å². The molecule has 3 aliphatic carbocycles. The van der Waals surface area contributed by atoms with Gasteiger partial charge in [0.05, 0.1) is 38.6 Å². The largest absolute Gasteiger partial charge is 0.350 e. The zero-order valence-electron chi connectivity index (χ0n) is 19.0. The lowest BCUT2D eigenvalue weighted by Gasteiger charge is -2.49. The molecule has 0 aromatic rings. The van der Waals surface area contributed by atoms with E-state index >= 15 is 0 Å². The van der Waals surface area contributed by atoms with Crippen LogP contribution in [0.25, 0.3) is 0 Å². The van der Waals surface area contributed by atoms with Crippen LogP contribution in [-0.4, -0.2) is 56.0 Å². The minimum atomic E-state index is -0.453. The Kier molecular flexibility index (Phi) is 5.85. The Balaban J connectivity index is 1.13. The first-order valence-electron chi connectivity index (χ1n) is 13.1. The fourth-order valence-corrected chi connectivity index (χ4v) is 7.27. The van der Waals surface area contributed by atoms with Gasteiger partial charge in [-0.05, 0) is 57.3 Å². The molecule has 6 nitrogen and oxygen atoms in total. The zero-order chi connectivity index (χ0) is 20.8. The fraction of sp³-hybridized carbons (Fsp3) is 1.00. The molecule has 0 aromatic heterocycles. The van der Waals surface area contributed by atoms with Crippen molar-refractivity contribution in [2.24, 2.45) is 11.8 Å². The topological polar surface area (TPSA) is 55.4 Å². The van der Waals surface area contributed by atoms with Crippen LogP contribution in [0.5, 0.6) is 0 Å². The predicted molar refractivity (Wildman–Crippen MR) is 113 cm³/mol. The van der Waals surface area contributed by atoms with Gasteiger partial charge in [0, 0.05) is 38.0 Å². The van der Waals surface area contributed by atoms with Gasteiger partial charge in [0.2, 0.25) is 0 Å². The van der Waals surface area contributed by atoms with Crippen molar-refractivity contribution in [1.82, 2.24) is 0 Å². The second-order valence-corrected chi connectivity index (χ2v) is 10.9. The first kappa shape index (κ1) is 21.3. The SMILES string of the molecule is C1CCOC2(CCCCC2C2CCOC3(CCC(C4COC5(CCCC5)O4)C3)O2)OC1. The van der Waals surface area contributed by atoms with Gasteiger partial charge in [-0.1, -0.05) is 6.42 Å². The molecule has 6 rings (SSSR count). The predicted octanol–water partition coefficient (Wildman–Crippen LogP) is 4.69. The van der Waals surface area contributed by atoms with Crippen molar-refractivity contribution < 1.29 is 28.4 Å². The summed E-state index contributed by atoms with van der Waals surface area (Å²) < 4.78 is 38.7. The smallest absolute Gasteiger partial charge is 0.173 e. The van der Waals surface area contributed by atoms with Crippen molar-refractivity contribution in [3.8, 4) is 0 Å². The molecule has 0 aromatic carbocycles. The van der Waals surface area contributed by atoms with Gasteiger partial charge in [0.1, 0.15) is 0 Å². The van der Waals surface area contributed by atoms with Crippen LogP contribution in [0.3, 0.4) is 0 Å². The van der Waals surface area contributed by atoms with Crippen molar-refractivity contribution in [2.45, 2.75) is 119 Å². The second kappa shape index (κ2) is 8.52. The van der Waals surface area contributed by atoms with Crippen molar-refractivity contribution in [2.75, 3.05) is 26.4 Å². The second-order valence-electron chi connectivity index (χ2n) is 10.9. The maximum absolute atomic E-state index is 6.87. The quantitative estimate of drug-likeness (QED) is 0.626. The Bertz CT molecular complexity index is 626. The van der Waals surface area contributed by atoms with Gasteiger partial charge in [-0.15, -0.1) is 0 Å². The Morgan fingerprint density at radius 2 is 1.32 bits per heavy atom. The van der Waals surface area contributed by atoms with E-state index in [-0.39, 0.29) is 18.0 Å². The summed E-state index contributed by atoms with van der Waals surface area (Å²) in [6.07, 6.45) is 15.6. The van der Waals surface area contributed by atoms with Crippen LogP contribution >= 0.6 is 0 Å². The van der Waals surface area contributed by atoms with Gasteiger partial charge >= 0.3 is 0 Å². The highest BCUT2D eigenvalue weighted by molar-refractivity contribution is 4.97. The van der Waals surface area contributed by atoms with Crippen LogP contribution in [0.4, 0.5) is 0 Å². The standard InChI is InChI=1S/C25H40O6/c1-2-12-25(27-14-5-6-15-28-25)20(7-1)21-9-16-26-24(30-21)13-8-19(17-24)22-18-29-23(31-22)10-3-4-11-23/h19-22H,1-18H2. The van der Waals surface area contributed by atoms with Gasteiger partial charge in [-0.2, -0.15) is 0 Å². The molecule has 6 fully saturated rings. The van der Waals surface area contributed by atoms with Gasteiger partial charge in [-0.3, -0.25) is 0 Å². The molecule has 0 bridgehead atoms. The summed E-state index contributed by atoms with van der Waals surface area (Å²) in [5.41, 5.74) is 0. The summed E-state index contributed by atoms with van der Waals surface area (Å²) in [7, 11) is 0. The van der Waals surface area contributed by atoms with E-state index < -0.39 is 11.6 Å². The summed E-state index contributed by atoms with van der Waals surface area (Å²) >= 11 is 0. The fourth-order valence-electron chi connectivity index (χ4n) is 7.27. The highest BCUT2D eigenvalue weighted by atomic mass is 16.7. The monoisotopic (exact) mass is 436 g/mol. The lowest BCUT2D eigenvalue weighted by Crippen LogP contribution is -2.55. The third-order valence-corrected chi connectivity index (χ3v) is 8.91. The van der Waals surface area contributed by atoms with Crippen LogP contribution < -0.4 is 0 Å². The molecule has 5 atom stereocenters. The van der Waals surface area contributed by atoms with Crippen LogP contribution in [0.15, 0.2) is 0 Å². The minimum absolute atomic E-state index is 0.160. The Labute approximate surface area is 186 Å². The highest BCUT2D eigenvalue weighted by Gasteiger charge is 2.55. The lowest BCUT2D eigenvalue weighted by molar-refractivity contribution is -0.342.